The van der Waals surface area contributed by atoms with Crippen molar-refractivity contribution in [2.75, 3.05) is 0 Å². The van der Waals surface area contributed by atoms with Gasteiger partial charge in [-0.1, -0.05) is 34.6 Å². The van der Waals surface area contributed by atoms with Gasteiger partial charge in [-0.3, -0.25) is 0 Å². The van der Waals surface area contributed by atoms with Gasteiger partial charge in [0.2, 0.25) is 0 Å². The Morgan fingerprint density at radius 3 is 2.29 bits per heavy atom. The Hall–Kier alpha value is -0.870. The second-order valence-corrected chi connectivity index (χ2v) is 14.8. The summed E-state index contributed by atoms with van der Waals surface area (Å²) in [5.41, 5.74) is 0.811. The minimum absolute atomic E-state index is 0.0157. The number of hydrogen-bond acceptors (Lipinski definition) is 4. The standard InChI is InChI=1S/C30H48O4/c1-26(2,33)17-18-16-20(25(32)34-18)19-10-14-29(6)21(19)8-9-23-28(5)13-12-24(31)27(3,4)22(28)11-15-30(23,29)7/h16,18-19,21-24,31,33H,8-15,17H2,1-7H3/t18-,19-,21-,22+,23-,24+,28+,29-,30-/m1/s1. The van der Waals surface area contributed by atoms with E-state index >= 15 is 0 Å². The van der Waals surface area contributed by atoms with E-state index in [4.69, 9.17) is 4.74 Å². The maximum atomic E-state index is 12.9. The maximum absolute atomic E-state index is 12.9. The number of ether oxygens (including phenoxy) is 1. The van der Waals surface area contributed by atoms with Crippen LogP contribution in [-0.2, 0) is 9.53 Å². The van der Waals surface area contributed by atoms with Crippen LogP contribution in [0.4, 0.5) is 0 Å². The molecule has 0 radical (unpaired) electrons. The summed E-state index contributed by atoms with van der Waals surface area (Å²) in [7, 11) is 0. The number of rotatable bonds is 3. The number of carbonyl (C=O) groups excluding carboxylic acids is 1. The molecule has 192 valence electrons. The van der Waals surface area contributed by atoms with Gasteiger partial charge in [-0.05, 0) is 117 Å². The van der Waals surface area contributed by atoms with E-state index in [1.165, 1.54) is 32.1 Å². The fourth-order valence-electron chi connectivity index (χ4n) is 10.5. The maximum Gasteiger partial charge on any atom is 0.334 e. The summed E-state index contributed by atoms with van der Waals surface area (Å²) in [6.45, 7) is 15.9. The number of carbonyl (C=O) groups is 1. The molecule has 0 aromatic carbocycles. The van der Waals surface area contributed by atoms with Crippen molar-refractivity contribution in [3.8, 4) is 0 Å². The number of aliphatic hydroxyl groups excluding tert-OH is 1. The minimum Gasteiger partial charge on any atom is -0.455 e. The smallest absolute Gasteiger partial charge is 0.334 e. The molecule has 0 aromatic heterocycles. The average molecular weight is 473 g/mol. The van der Waals surface area contributed by atoms with Gasteiger partial charge in [-0.2, -0.15) is 0 Å². The molecular formula is C30H48O4. The molecule has 5 rings (SSSR count). The molecule has 1 aliphatic heterocycles. The quantitative estimate of drug-likeness (QED) is 0.491. The second kappa shape index (κ2) is 7.57. The molecule has 4 saturated carbocycles. The van der Waals surface area contributed by atoms with Crippen LogP contribution in [0, 0.1) is 45.3 Å². The SMILES string of the molecule is CC(C)(O)C[C@H]1C=C([C@H]2CC[C@]3(C)[C@@H]2CC[C@@H]2[C@@]4(C)CC[C@H](O)C(C)(C)[C@@H]4CC[C@]23C)C(=O)O1. The third-order valence-corrected chi connectivity index (χ3v) is 12.3. The van der Waals surface area contributed by atoms with Crippen LogP contribution in [0.2, 0.25) is 0 Å². The summed E-state index contributed by atoms with van der Waals surface area (Å²) >= 11 is 0. The summed E-state index contributed by atoms with van der Waals surface area (Å²) in [4.78, 5) is 12.9. The van der Waals surface area contributed by atoms with Crippen LogP contribution in [0.1, 0.15) is 106 Å². The zero-order valence-electron chi connectivity index (χ0n) is 22.6. The van der Waals surface area contributed by atoms with E-state index in [9.17, 15) is 15.0 Å². The van der Waals surface area contributed by atoms with Gasteiger partial charge in [0.05, 0.1) is 11.7 Å². The molecule has 4 aliphatic carbocycles. The summed E-state index contributed by atoms with van der Waals surface area (Å²) < 4.78 is 5.71. The fraction of sp³-hybridized carbons (Fsp3) is 0.900. The van der Waals surface area contributed by atoms with Crippen LogP contribution in [0.5, 0.6) is 0 Å². The van der Waals surface area contributed by atoms with Gasteiger partial charge in [0.1, 0.15) is 6.10 Å². The monoisotopic (exact) mass is 472 g/mol. The van der Waals surface area contributed by atoms with Crippen LogP contribution in [0.15, 0.2) is 11.6 Å². The van der Waals surface area contributed by atoms with E-state index in [1.807, 2.05) is 6.08 Å². The molecule has 0 amide bonds. The first-order valence-corrected chi connectivity index (χ1v) is 14.0. The van der Waals surface area contributed by atoms with Crippen molar-refractivity contribution in [2.24, 2.45) is 45.3 Å². The van der Waals surface area contributed by atoms with Gasteiger partial charge in [0.15, 0.2) is 0 Å². The van der Waals surface area contributed by atoms with Crippen molar-refractivity contribution in [2.45, 2.75) is 124 Å². The predicted molar refractivity (Wildman–Crippen MR) is 134 cm³/mol. The normalized spacial score (nSPS) is 50.1. The number of aliphatic hydroxyl groups is 2. The second-order valence-electron chi connectivity index (χ2n) is 14.8. The highest BCUT2D eigenvalue weighted by atomic mass is 16.5. The van der Waals surface area contributed by atoms with E-state index in [2.05, 4.69) is 34.6 Å². The highest BCUT2D eigenvalue weighted by molar-refractivity contribution is 5.91. The van der Waals surface area contributed by atoms with Crippen molar-refractivity contribution in [1.29, 1.82) is 0 Å². The highest BCUT2D eigenvalue weighted by Crippen LogP contribution is 2.75. The molecular weight excluding hydrogens is 424 g/mol. The van der Waals surface area contributed by atoms with Crippen molar-refractivity contribution < 1.29 is 19.7 Å². The zero-order chi connectivity index (χ0) is 24.9. The number of esters is 1. The topological polar surface area (TPSA) is 66.8 Å². The molecule has 34 heavy (non-hydrogen) atoms. The predicted octanol–water partition coefficient (Wildman–Crippen LogP) is 6.05. The number of fused-ring (bicyclic) bond motifs is 5. The Morgan fingerprint density at radius 2 is 1.62 bits per heavy atom. The van der Waals surface area contributed by atoms with Gasteiger partial charge in [-0.15, -0.1) is 0 Å². The highest BCUT2D eigenvalue weighted by Gasteiger charge is 2.68. The summed E-state index contributed by atoms with van der Waals surface area (Å²) in [5.74, 6) is 1.93. The number of hydrogen-bond donors (Lipinski definition) is 2. The van der Waals surface area contributed by atoms with Gasteiger partial charge < -0.3 is 14.9 Å². The molecule has 9 atom stereocenters. The molecule has 1 heterocycles. The first-order valence-electron chi connectivity index (χ1n) is 14.0. The molecule has 0 saturated heterocycles. The van der Waals surface area contributed by atoms with E-state index in [1.54, 1.807) is 13.8 Å². The van der Waals surface area contributed by atoms with E-state index in [0.29, 0.717) is 24.2 Å². The Balaban J connectivity index is 1.44. The lowest BCUT2D eigenvalue weighted by Crippen LogP contribution is -2.63. The lowest BCUT2D eigenvalue weighted by molar-refractivity contribution is -0.220. The molecule has 0 spiro atoms. The van der Waals surface area contributed by atoms with Crippen LogP contribution in [0.3, 0.4) is 0 Å². The van der Waals surface area contributed by atoms with Crippen LogP contribution >= 0.6 is 0 Å². The van der Waals surface area contributed by atoms with Crippen molar-refractivity contribution in [1.82, 2.24) is 0 Å². The van der Waals surface area contributed by atoms with Crippen LogP contribution in [-0.4, -0.2) is 34.0 Å². The van der Waals surface area contributed by atoms with Crippen LogP contribution < -0.4 is 0 Å². The lowest BCUT2D eigenvalue weighted by Gasteiger charge is -2.69. The Labute approximate surface area is 206 Å². The van der Waals surface area contributed by atoms with Gasteiger partial charge >= 0.3 is 5.97 Å². The van der Waals surface area contributed by atoms with Crippen molar-refractivity contribution >= 4 is 5.97 Å². The third kappa shape index (κ3) is 3.33. The molecule has 4 nitrogen and oxygen atoms in total. The molecule has 2 N–H and O–H groups in total. The molecule has 0 aromatic rings. The molecule has 4 fully saturated rings. The van der Waals surface area contributed by atoms with Crippen LogP contribution in [0.25, 0.3) is 0 Å². The fourth-order valence-corrected chi connectivity index (χ4v) is 10.5. The van der Waals surface area contributed by atoms with Crippen molar-refractivity contribution in [3.63, 3.8) is 0 Å². The first-order chi connectivity index (χ1) is 15.6. The summed E-state index contributed by atoms with van der Waals surface area (Å²) in [5, 5.41) is 21.1. The van der Waals surface area contributed by atoms with Gasteiger partial charge in [0, 0.05) is 12.0 Å². The first kappa shape index (κ1) is 24.8. The zero-order valence-corrected chi connectivity index (χ0v) is 22.6. The lowest BCUT2D eigenvalue weighted by atomic mass is 9.35. The number of cyclic esters (lactones) is 1. The average Bonchev–Trinajstić information content (AvgIpc) is 3.23. The van der Waals surface area contributed by atoms with E-state index < -0.39 is 5.60 Å². The largest absolute Gasteiger partial charge is 0.455 e. The van der Waals surface area contributed by atoms with Gasteiger partial charge in [0.25, 0.3) is 0 Å². The van der Waals surface area contributed by atoms with Gasteiger partial charge in [-0.25, -0.2) is 4.79 Å². The molecule has 0 unspecified atom stereocenters. The van der Waals surface area contributed by atoms with Crippen molar-refractivity contribution in [3.05, 3.63) is 11.6 Å². The Bertz CT molecular complexity index is 883. The molecule has 5 aliphatic rings. The van der Waals surface area contributed by atoms with E-state index in [0.717, 1.165) is 24.8 Å². The third-order valence-electron chi connectivity index (χ3n) is 12.3. The molecule has 0 bridgehead atoms. The Kier molecular flexibility index (Phi) is 5.52. The minimum atomic E-state index is -0.845. The molecule has 4 heteroatoms. The summed E-state index contributed by atoms with van der Waals surface area (Å²) in [6, 6.07) is 0. The Morgan fingerprint density at radius 1 is 0.941 bits per heavy atom. The van der Waals surface area contributed by atoms with E-state index in [-0.39, 0.29) is 45.8 Å². The summed E-state index contributed by atoms with van der Waals surface area (Å²) in [6.07, 6.45) is 11.2.